The van der Waals surface area contributed by atoms with E-state index in [0.29, 0.717) is 13.1 Å². The van der Waals surface area contributed by atoms with E-state index in [4.69, 9.17) is 0 Å². The number of aromatic nitrogens is 2. The van der Waals surface area contributed by atoms with Gasteiger partial charge in [-0.1, -0.05) is 6.58 Å². The van der Waals surface area contributed by atoms with E-state index in [2.05, 4.69) is 16.9 Å². The molecular weight excluding hydrogens is 190 g/mol. The predicted molar refractivity (Wildman–Crippen MR) is 61.0 cm³/mol. The number of aryl methyl sites for hydroxylation is 2. The van der Waals surface area contributed by atoms with Crippen LogP contribution in [0.3, 0.4) is 0 Å². The van der Waals surface area contributed by atoms with Gasteiger partial charge in [-0.2, -0.15) is 4.98 Å². The van der Waals surface area contributed by atoms with Gasteiger partial charge in [-0.25, -0.2) is 4.79 Å². The number of nitrogens with one attached hydrogen (secondary N) is 1. The highest BCUT2D eigenvalue weighted by molar-refractivity contribution is 5.09. The molecule has 1 rings (SSSR count). The third kappa shape index (κ3) is 3.02. The molecule has 0 unspecified atom stereocenters. The van der Waals surface area contributed by atoms with Crippen molar-refractivity contribution in [2.24, 2.45) is 0 Å². The van der Waals surface area contributed by atoms with Crippen LogP contribution in [0.5, 0.6) is 0 Å². The van der Waals surface area contributed by atoms with Crippen molar-refractivity contribution in [2.75, 3.05) is 13.6 Å². The van der Waals surface area contributed by atoms with Gasteiger partial charge >= 0.3 is 5.69 Å². The summed E-state index contributed by atoms with van der Waals surface area (Å²) < 4.78 is 1.63. The van der Waals surface area contributed by atoms with E-state index in [-0.39, 0.29) is 5.69 Å². The molecule has 4 heteroatoms. The summed E-state index contributed by atoms with van der Waals surface area (Å²) in [5.74, 6) is 0. The first-order valence-electron chi connectivity index (χ1n) is 4.91. The minimum Gasteiger partial charge on any atom is -0.316 e. The molecule has 0 spiro atoms. The van der Waals surface area contributed by atoms with Gasteiger partial charge in [0.1, 0.15) is 0 Å². The Morgan fingerprint density at radius 3 is 2.80 bits per heavy atom. The molecule has 15 heavy (non-hydrogen) atoms. The van der Waals surface area contributed by atoms with Crippen molar-refractivity contribution in [2.45, 2.75) is 20.4 Å². The lowest BCUT2D eigenvalue weighted by atomic mass is 10.2. The highest BCUT2D eigenvalue weighted by Crippen LogP contribution is 2.00. The minimum absolute atomic E-state index is 0.204. The summed E-state index contributed by atoms with van der Waals surface area (Å²) in [6.07, 6.45) is 0. The number of rotatable bonds is 4. The van der Waals surface area contributed by atoms with Gasteiger partial charge in [-0.3, -0.25) is 4.57 Å². The van der Waals surface area contributed by atoms with E-state index in [1.165, 1.54) is 0 Å². The Morgan fingerprint density at radius 1 is 1.60 bits per heavy atom. The lowest BCUT2D eigenvalue weighted by Gasteiger charge is -2.11. The Bertz CT molecular complexity index is 420. The smallest absolute Gasteiger partial charge is 0.316 e. The van der Waals surface area contributed by atoms with E-state index < -0.39 is 0 Å². The summed E-state index contributed by atoms with van der Waals surface area (Å²) >= 11 is 0. The maximum Gasteiger partial charge on any atom is 0.348 e. The van der Waals surface area contributed by atoms with Crippen molar-refractivity contribution in [3.8, 4) is 0 Å². The monoisotopic (exact) mass is 207 g/mol. The highest BCUT2D eigenvalue weighted by Gasteiger charge is 2.03. The standard InChI is InChI=1S/C11H17N3O/c1-8(6-12-4)7-14-10(3)5-9(2)13-11(14)15/h5,12H,1,6-7H2,2-4H3. The molecule has 1 heterocycles. The van der Waals surface area contributed by atoms with E-state index in [0.717, 1.165) is 17.0 Å². The average Bonchev–Trinajstić information content (AvgIpc) is 2.11. The Balaban J connectivity index is 2.95. The summed E-state index contributed by atoms with van der Waals surface area (Å²) in [6, 6.07) is 1.90. The molecule has 0 aliphatic rings. The molecule has 0 saturated heterocycles. The maximum absolute atomic E-state index is 11.6. The maximum atomic E-state index is 11.6. The number of hydrogen-bond acceptors (Lipinski definition) is 3. The van der Waals surface area contributed by atoms with Crippen LogP contribution in [0.1, 0.15) is 11.4 Å². The predicted octanol–water partition coefficient (Wildman–Crippen LogP) is 0.636. The number of nitrogens with zero attached hydrogens (tertiary/aromatic N) is 2. The molecular formula is C11H17N3O. The Hall–Kier alpha value is -1.42. The van der Waals surface area contributed by atoms with Crippen molar-refractivity contribution < 1.29 is 0 Å². The molecule has 0 atom stereocenters. The second-order valence-corrected chi connectivity index (χ2v) is 3.69. The SMILES string of the molecule is C=C(CNC)Cn1c(C)cc(C)nc1=O. The van der Waals surface area contributed by atoms with Crippen molar-refractivity contribution >= 4 is 0 Å². The van der Waals surface area contributed by atoms with Gasteiger partial charge in [0, 0.05) is 24.5 Å². The van der Waals surface area contributed by atoms with E-state index in [1.54, 1.807) is 4.57 Å². The first-order chi connectivity index (χ1) is 7.04. The van der Waals surface area contributed by atoms with Crippen LogP contribution < -0.4 is 11.0 Å². The molecule has 0 bridgehead atoms. The van der Waals surface area contributed by atoms with Crippen LogP contribution in [-0.2, 0) is 6.54 Å². The Labute approximate surface area is 89.7 Å². The third-order valence-electron chi connectivity index (χ3n) is 2.15. The molecule has 0 aliphatic carbocycles. The van der Waals surface area contributed by atoms with Gasteiger partial charge in [0.25, 0.3) is 0 Å². The normalized spacial score (nSPS) is 10.3. The molecule has 1 aromatic heterocycles. The van der Waals surface area contributed by atoms with Crippen LogP contribution in [0.15, 0.2) is 23.0 Å². The molecule has 1 aromatic rings. The first-order valence-corrected chi connectivity index (χ1v) is 4.91. The van der Waals surface area contributed by atoms with Gasteiger partial charge in [-0.05, 0) is 32.5 Å². The van der Waals surface area contributed by atoms with Crippen molar-refractivity contribution in [1.82, 2.24) is 14.9 Å². The molecule has 4 nitrogen and oxygen atoms in total. The fourth-order valence-electron chi connectivity index (χ4n) is 1.50. The van der Waals surface area contributed by atoms with E-state index in [9.17, 15) is 4.79 Å². The zero-order chi connectivity index (χ0) is 11.4. The minimum atomic E-state index is -0.204. The molecule has 0 aromatic carbocycles. The van der Waals surface area contributed by atoms with Crippen LogP contribution >= 0.6 is 0 Å². The fraction of sp³-hybridized carbons (Fsp3) is 0.455. The third-order valence-corrected chi connectivity index (χ3v) is 2.15. The second-order valence-electron chi connectivity index (χ2n) is 3.69. The largest absolute Gasteiger partial charge is 0.348 e. The molecule has 1 N–H and O–H groups in total. The number of likely N-dealkylation sites (N-methyl/N-ethyl adjacent to an activating group) is 1. The quantitative estimate of drug-likeness (QED) is 0.737. The van der Waals surface area contributed by atoms with Gasteiger partial charge < -0.3 is 5.32 Å². The average molecular weight is 207 g/mol. The number of hydrogen-bond donors (Lipinski definition) is 1. The summed E-state index contributed by atoms with van der Waals surface area (Å²) in [6.45, 7) is 8.86. The summed E-state index contributed by atoms with van der Waals surface area (Å²) in [7, 11) is 1.86. The molecule has 0 radical (unpaired) electrons. The lowest BCUT2D eigenvalue weighted by molar-refractivity contribution is 0.664. The van der Waals surface area contributed by atoms with E-state index >= 15 is 0 Å². The Kier molecular flexibility index (Phi) is 3.80. The van der Waals surface area contributed by atoms with Crippen LogP contribution in [-0.4, -0.2) is 23.1 Å². The molecule has 0 saturated carbocycles. The molecule has 82 valence electrons. The van der Waals surface area contributed by atoms with E-state index in [1.807, 2.05) is 27.0 Å². The Morgan fingerprint density at radius 2 is 2.27 bits per heavy atom. The molecule has 0 fully saturated rings. The van der Waals surface area contributed by atoms with Crippen molar-refractivity contribution in [3.63, 3.8) is 0 Å². The zero-order valence-corrected chi connectivity index (χ0v) is 9.50. The van der Waals surface area contributed by atoms with Crippen LogP contribution in [0, 0.1) is 13.8 Å². The second kappa shape index (κ2) is 4.89. The van der Waals surface area contributed by atoms with Crippen LogP contribution in [0.25, 0.3) is 0 Å². The van der Waals surface area contributed by atoms with Crippen LogP contribution in [0.4, 0.5) is 0 Å². The fourth-order valence-corrected chi connectivity index (χ4v) is 1.50. The summed E-state index contributed by atoms with van der Waals surface area (Å²) in [4.78, 5) is 15.5. The summed E-state index contributed by atoms with van der Waals surface area (Å²) in [5.41, 5.74) is 2.44. The highest BCUT2D eigenvalue weighted by atomic mass is 16.1. The van der Waals surface area contributed by atoms with Gasteiger partial charge in [0.05, 0.1) is 0 Å². The topological polar surface area (TPSA) is 46.9 Å². The van der Waals surface area contributed by atoms with Gasteiger partial charge in [0.15, 0.2) is 0 Å². The first kappa shape index (κ1) is 11.7. The van der Waals surface area contributed by atoms with Gasteiger partial charge in [0.2, 0.25) is 0 Å². The van der Waals surface area contributed by atoms with Crippen molar-refractivity contribution in [1.29, 1.82) is 0 Å². The zero-order valence-electron chi connectivity index (χ0n) is 9.50. The molecule has 0 aliphatic heterocycles. The lowest BCUT2D eigenvalue weighted by Crippen LogP contribution is -2.27. The molecule has 0 amide bonds. The van der Waals surface area contributed by atoms with Gasteiger partial charge in [-0.15, -0.1) is 0 Å². The van der Waals surface area contributed by atoms with Crippen molar-refractivity contribution in [3.05, 3.63) is 40.1 Å². The summed E-state index contributed by atoms with van der Waals surface area (Å²) in [5, 5.41) is 3.00. The van der Waals surface area contributed by atoms with Crippen LogP contribution in [0.2, 0.25) is 0 Å².